The number of hydrogen-bond donors (Lipinski definition) is 3. The minimum Gasteiger partial charge on any atom is -0.390 e. The van der Waals surface area contributed by atoms with Crippen LogP contribution in [-0.4, -0.2) is 77.6 Å². The molecule has 0 aromatic heterocycles. The Kier molecular flexibility index (Phi) is 10.5. The third kappa shape index (κ3) is 7.83. The summed E-state index contributed by atoms with van der Waals surface area (Å²) in [6, 6.07) is 19.0. The highest BCUT2D eigenvalue weighted by atomic mass is 32.2. The number of aliphatic hydroxyl groups is 1. The summed E-state index contributed by atoms with van der Waals surface area (Å²) in [4.78, 5) is 51.8. The van der Waals surface area contributed by atoms with E-state index >= 15 is 0 Å². The van der Waals surface area contributed by atoms with Gasteiger partial charge < -0.3 is 15.7 Å². The SMILES string of the molecule is CC(=O)Nc1ccc(S(=O)(=O)N(CC(C)C)C[C@@H](O)[C@H](Cc2ccccc2)NC(=O)[C@H](C)N2C(=O)c3ccccc3C2=O)cc1. The topological polar surface area (TPSA) is 153 Å². The fourth-order valence-corrected chi connectivity index (χ4v) is 6.83. The average molecular weight is 635 g/mol. The molecule has 0 bridgehead atoms. The summed E-state index contributed by atoms with van der Waals surface area (Å²) in [5, 5.41) is 16.9. The van der Waals surface area contributed by atoms with Gasteiger partial charge in [-0.05, 0) is 61.2 Å². The molecule has 0 unspecified atom stereocenters. The fourth-order valence-electron chi connectivity index (χ4n) is 5.21. The Morgan fingerprint density at radius 2 is 1.40 bits per heavy atom. The van der Waals surface area contributed by atoms with Gasteiger partial charge in [0.15, 0.2) is 0 Å². The third-order valence-corrected chi connectivity index (χ3v) is 9.30. The van der Waals surface area contributed by atoms with E-state index in [1.807, 2.05) is 44.2 Å². The highest BCUT2D eigenvalue weighted by molar-refractivity contribution is 7.89. The monoisotopic (exact) mass is 634 g/mol. The van der Waals surface area contributed by atoms with E-state index in [1.54, 1.807) is 12.1 Å². The van der Waals surface area contributed by atoms with Crippen LogP contribution < -0.4 is 10.6 Å². The number of imide groups is 1. The van der Waals surface area contributed by atoms with Gasteiger partial charge in [0, 0.05) is 25.7 Å². The van der Waals surface area contributed by atoms with Gasteiger partial charge in [-0.2, -0.15) is 4.31 Å². The average Bonchev–Trinajstić information content (AvgIpc) is 3.25. The number of anilines is 1. The summed E-state index contributed by atoms with van der Waals surface area (Å²) in [6.07, 6.45) is -1.21. The lowest BCUT2D eigenvalue weighted by Crippen LogP contribution is -2.55. The maximum Gasteiger partial charge on any atom is 0.262 e. The quantitative estimate of drug-likeness (QED) is 0.244. The van der Waals surface area contributed by atoms with Crippen molar-refractivity contribution in [2.45, 2.75) is 57.2 Å². The van der Waals surface area contributed by atoms with E-state index in [4.69, 9.17) is 0 Å². The molecular weight excluding hydrogens is 596 g/mol. The Hall–Kier alpha value is -4.39. The minimum atomic E-state index is -4.10. The molecule has 4 rings (SSSR count). The maximum atomic E-state index is 13.8. The highest BCUT2D eigenvalue weighted by Crippen LogP contribution is 2.25. The van der Waals surface area contributed by atoms with Crippen molar-refractivity contribution in [2.75, 3.05) is 18.4 Å². The van der Waals surface area contributed by atoms with Gasteiger partial charge in [-0.25, -0.2) is 8.42 Å². The zero-order valence-electron chi connectivity index (χ0n) is 25.6. The molecule has 3 aromatic carbocycles. The summed E-state index contributed by atoms with van der Waals surface area (Å²) in [7, 11) is -4.10. The number of sulfonamides is 1. The Labute approximate surface area is 263 Å². The second-order valence-electron chi connectivity index (χ2n) is 11.5. The van der Waals surface area contributed by atoms with Gasteiger partial charge in [0.2, 0.25) is 21.8 Å². The zero-order chi connectivity index (χ0) is 32.9. The molecule has 1 aliphatic heterocycles. The normalized spacial score (nSPS) is 15.1. The van der Waals surface area contributed by atoms with Crippen LogP contribution in [0.1, 0.15) is 54.0 Å². The first kappa shape index (κ1) is 33.5. The van der Waals surface area contributed by atoms with Gasteiger partial charge in [0.1, 0.15) is 6.04 Å². The van der Waals surface area contributed by atoms with E-state index < -0.39 is 45.9 Å². The molecule has 1 aliphatic rings. The molecule has 4 amide bonds. The molecule has 0 saturated heterocycles. The Morgan fingerprint density at radius 3 is 1.93 bits per heavy atom. The van der Waals surface area contributed by atoms with Gasteiger partial charge >= 0.3 is 0 Å². The van der Waals surface area contributed by atoms with Gasteiger partial charge in [0.25, 0.3) is 11.8 Å². The van der Waals surface area contributed by atoms with Crippen LogP contribution >= 0.6 is 0 Å². The first-order valence-electron chi connectivity index (χ1n) is 14.7. The molecule has 0 spiro atoms. The van der Waals surface area contributed by atoms with Crippen LogP contribution in [-0.2, 0) is 26.0 Å². The molecule has 45 heavy (non-hydrogen) atoms. The lowest BCUT2D eigenvalue weighted by atomic mass is 10.0. The molecule has 12 heteroatoms. The molecule has 0 saturated carbocycles. The number of amides is 4. The molecule has 0 aliphatic carbocycles. The van der Waals surface area contributed by atoms with E-state index in [1.165, 1.54) is 54.6 Å². The van der Waals surface area contributed by atoms with Crippen molar-refractivity contribution in [2.24, 2.45) is 5.92 Å². The summed E-state index contributed by atoms with van der Waals surface area (Å²) >= 11 is 0. The van der Waals surface area contributed by atoms with Crippen LogP contribution in [0.3, 0.4) is 0 Å². The second kappa shape index (κ2) is 14.1. The van der Waals surface area contributed by atoms with Crippen molar-refractivity contribution in [3.8, 4) is 0 Å². The second-order valence-corrected chi connectivity index (χ2v) is 13.4. The summed E-state index contributed by atoms with van der Waals surface area (Å²) < 4.78 is 28.7. The third-order valence-electron chi connectivity index (χ3n) is 7.45. The van der Waals surface area contributed by atoms with Gasteiger partial charge in [-0.3, -0.25) is 24.1 Å². The molecule has 3 N–H and O–H groups in total. The summed E-state index contributed by atoms with van der Waals surface area (Å²) in [5.74, 6) is -2.23. The first-order valence-corrected chi connectivity index (χ1v) is 16.1. The number of fused-ring (bicyclic) bond motifs is 1. The van der Waals surface area contributed by atoms with Crippen LogP contribution in [0.15, 0.2) is 83.8 Å². The maximum absolute atomic E-state index is 13.8. The van der Waals surface area contributed by atoms with Gasteiger partial charge in [0.05, 0.1) is 28.2 Å². The zero-order valence-corrected chi connectivity index (χ0v) is 26.5. The number of nitrogens with one attached hydrogen (secondary N) is 2. The van der Waals surface area contributed by atoms with Crippen molar-refractivity contribution in [1.82, 2.24) is 14.5 Å². The molecule has 3 aromatic rings. The van der Waals surface area contributed by atoms with Crippen LogP contribution in [0.4, 0.5) is 5.69 Å². The van der Waals surface area contributed by atoms with Crippen LogP contribution in [0.5, 0.6) is 0 Å². The number of rotatable bonds is 13. The Bertz CT molecular complexity index is 1620. The standard InChI is InChI=1S/C33H38N4O7S/c1-21(2)19-36(45(43,44)26-16-14-25(15-17-26)34-23(4)38)20-30(39)29(18-24-10-6-5-7-11-24)35-31(40)22(3)37-32(41)27-12-8-9-13-28(27)33(37)42/h5-17,21-22,29-30,39H,18-20H2,1-4H3,(H,34,38)(H,35,40)/t22-,29-,30+/m0/s1. The number of benzene rings is 3. The predicted octanol–water partition coefficient (Wildman–Crippen LogP) is 3.06. The molecule has 3 atom stereocenters. The largest absolute Gasteiger partial charge is 0.390 e. The van der Waals surface area contributed by atoms with Crippen LogP contribution in [0, 0.1) is 5.92 Å². The number of hydrogen-bond acceptors (Lipinski definition) is 7. The van der Waals surface area contributed by atoms with Gasteiger partial charge in [-0.15, -0.1) is 0 Å². The number of carbonyl (C=O) groups is 4. The Morgan fingerprint density at radius 1 is 0.844 bits per heavy atom. The first-order chi connectivity index (χ1) is 21.3. The van der Waals surface area contributed by atoms with Crippen molar-refractivity contribution in [1.29, 1.82) is 0 Å². The lowest BCUT2D eigenvalue weighted by molar-refractivity contribution is -0.126. The van der Waals surface area contributed by atoms with Crippen molar-refractivity contribution in [3.63, 3.8) is 0 Å². The smallest absolute Gasteiger partial charge is 0.262 e. The van der Waals surface area contributed by atoms with Gasteiger partial charge in [-0.1, -0.05) is 56.3 Å². The van der Waals surface area contributed by atoms with E-state index in [0.717, 1.165) is 10.5 Å². The number of aliphatic hydroxyl groups excluding tert-OH is 1. The highest BCUT2D eigenvalue weighted by Gasteiger charge is 2.41. The van der Waals surface area contributed by atoms with E-state index in [2.05, 4.69) is 10.6 Å². The number of nitrogens with zero attached hydrogens (tertiary/aromatic N) is 2. The number of carbonyl (C=O) groups excluding carboxylic acids is 4. The van der Waals surface area contributed by atoms with E-state index in [9.17, 15) is 32.7 Å². The van der Waals surface area contributed by atoms with Crippen molar-refractivity contribution >= 4 is 39.3 Å². The summed E-state index contributed by atoms with van der Waals surface area (Å²) in [6.45, 7) is 6.23. The van der Waals surface area contributed by atoms with Crippen molar-refractivity contribution in [3.05, 3.63) is 95.6 Å². The molecule has 11 nitrogen and oxygen atoms in total. The minimum absolute atomic E-state index is 0.0210. The predicted molar refractivity (Wildman–Crippen MR) is 169 cm³/mol. The molecule has 0 fully saturated rings. The van der Waals surface area contributed by atoms with Crippen LogP contribution in [0.25, 0.3) is 0 Å². The van der Waals surface area contributed by atoms with Crippen molar-refractivity contribution < 1.29 is 32.7 Å². The molecule has 1 heterocycles. The lowest BCUT2D eigenvalue weighted by Gasteiger charge is -2.32. The fraction of sp³-hybridized carbons (Fsp3) is 0.333. The van der Waals surface area contributed by atoms with E-state index in [0.29, 0.717) is 5.69 Å². The summed E-state index contributed by atoms with van der Waals surface area (Å²) in [5.41, 5.74) is 1.64. The molecule has 0 radical (unpaired) electrons. The molecular formula is C33H38N4O7S. The Balaban J connectivity index is 1.58. The van der Waals surface area contributed by atoms with Crippen LogP contribution in [0.2, 0.25) is 0 Å². The molecule has 238 valence electrons. The van der Waals surface area contributed by atoms with E-state index in [-0.39, 0.29) is 47.4 Å².